The van der Waals surface area contributed by atoms with Crippen LogP contribution < -0.4 is 0 Å². The Morgan fingerprint density at radius 1 is 0.933 bits per heavy atom. The van der Waals surface area contributed by atoms with Crippen LogP contribution in [0.1, 0.15) is 90.5 Å². The molecular formula is C24H36Cl2O4. The van der Waals surface area contributed by atoms with Crippen LogP contribution in [-0.4, -0.2) is 18.0 Å². The second-order valence-electron chi connectivity index (χ2n) is 8.08. The van der Waals surface area contributed by atoms with Crippen LogP contribution in [-0.2, 0) is 25.7 Å². The standard InChI is InChI=1S/C24H36Cl2O4/c1-4-11-22(18(2)3)30-24(28)13-10-8-6-5-7-9-12-23(27)29-17-19-16-20(25)14-15-21(19)26/h14-16,18,22H,4-13,17H2,1-3H3. The topological polar surface area (TPSA) is 52.6 Å². The first kappa shape index (κ1) is 26.8. The van der Waals surface area contributed by atoms with Crippen molar-refractivity contribution < 1.29 is 19.1 Å². The van der Waals surface area contributed by atoms with Gasteiger partial charge >= 0.3 is 11.9 Å². The minimum atomic E-state index is -0.222. The van der Waals surface area contributed by atoms with E-state index in [1.54, 1.807) is 18.2 Å². The number of halogens is 2. The van der Waals surface area contributed by atoms with Gasteiger partial charge in [0.1, 0.15) is 12.7 Å². The molecule has 1 unspecified atom stereocenters. The van der Waals surface area contributed by atoms with Crippen molar-refractivity contribution in [3.05, 3.63) is 33.8 Å². The first-order chi connectivity index (χ1) is 14.3. The zero-order valence-electron chi connectivity index (χ0n) is 18.6. The van der Waals surface area contributed by atoms with E-state index in [1.807, 2.05) is 0 Å². The summed E-state index contributed by atoms with van der Waals surface area (Å²) < 4.78 is 10.9. The van der Waals surface area contributed by atoms with Gasteiger partial charge in [0.25, 0.3) is 0 Å². The van der Waals surface area contributed by atoms with E-state index >= 15 is 0 Å². The molecule has 4 nitrogen and oxygen atoms in total. The molecule has 0 aromatic heterocycles. The molecule has 0 saturated heterocycles. The van der Waals surface area contributed by atoms with E-state index in [1.165, 1.54) is 0 Å². The summed E-state index contributed by atoms with van der Waals surface area (Å²) in [6.07, 6.45) is 8.64. The highest BCUT2D eigenvalue weighted by Crippen LogP contribution is 2.21. The molecule has 30 heavy (non-hydrogen) atoms. The van der Waals surface area contributed by atoms with E-state index in [4.69, 9.17) is 32.7 Å². The number of rotatable bonds is 15. The van der Waals surface area contributed by atoms with Crippen molar-refractivity contribution in [1.29, 1.82) is 0 Å². The predicted octanol–water partition coefficient (Wildman–Crippen LogP) is 7.53. The molecule has 0 aliphatic heterocycles. The quantitative estimate of drug-likeness (QED) is 0.201. The average molecular weight is 459 g/mol. The highest BCUT2D eigenvalue weighted by molar-refractivity contribution is 6.33. The van der Waals surface area contributed by atoms with Gasteiger partial charge in [0.05, 0.1) is 0 Å². The van der Waals surface area contributed by atoms with Gasteiger partial charge in [-0.2, -0.15) is 0 Å². The van der Waals surface area contributed by atoms with E-state index in [9.17, 15) is 9.59 Å². The summed E-state index contributed by atoms with van der Waals surface area (Å²) in [6, 6.07) is 5.10. The lowest BCUT2D eigenvalue weighted by molar-refractivity contribution is -0.152. The molecule has 0 radical (unpaired) electrons. The third kappa shape index (κ3) is 11.8. The number of benzene rings is 1. The molecule has 0 amide bonds. The summed E-state index contributed by atoms with van der Waals surface area (Å²) in [4.78, 5) is 23.8. The Bertz CT molecular complexity index is 646. The molecule has 1 atom stereocenters. The summed E-state index contributed by atoms with van der Waals surface area (Å²) >= 11 is 12.0. The van der Waals surface area contributed by atoms with Gasteiger partial charge in [-0.25, -0.2) is 0 Å². The van der Waals surface area contributed by atoms with Gasteiger partial charge in [0.2, 0.25) is 0 Å². The number of unbranched alkanes of at least 4 members (excludes halogenated alkanes) is 5. The first-order valence-electron chi connectivity index (χ1n) is 11.1. The fraction of sp³-hybridized carbons (Fsp3) is 0.667. The van der Waals surface area contributed by atoms with Crippen LogP contribution in [0.2, 0.25) is 10.0 Å². The zero-order valence-corrected chi connectivity index (χ0v) is 20.1. The summed E-state index contributed by atoms with van der Waals surface area (Å²) in [5.74, 6) is 0.0633. The first-order valence-corrected chi connectivity index (χ1v) is 11.9. The van der Waals surface area contributed by atoms with Crippen LogP contribution in [0.3, 0.4) is 0 Å². The highest BCUT2D eigenvalue weighted by atomic mass is 35.5. The van der Waals surface area contributed by atoms with Gasteiger partial charge in [-0.3, -0.25) is 9.59 Å². The SMILES string of the molecule is CCCC(OC(=O)CCCCCCCCC(=O)OCc1cc(Cl)ccc1Cl)C(C)C. The molecule has 0 aliphatic rings. The Morgan fingerprint density at radius 2 is 1.53 bits per heavy atom. The van der Waals surface area contributed by atoms with Crippen LogP contribution >= 0.6 is 23.2 Å². The van der Waals surface area contributed by atoms with Crippen LogP contribution in [0, 0.1) is 5.92 Å². The van der Waals surface area contributed by atoms with Crippen LogP contribution in [0.15, 0.2) is 18.2 Å². The van der Waals surface area contributed by atoms with E-state index in [0.29, 0.717) is 34.4 Å². The smallest absolute Gasteiger partial charge is 0.306 e. The third-order valence-corrected chi connectivity index (χ3v) is 5.61. The molecule has 1 aromatic carbocycles. The third-order valence-electron chi connectivity index (χ3n) is 5.01. The van der Waals surface area contributed by atoms with E-state index < -0.39 is 0 Å². The molecule has 170 valence electrons. The van der Waals surface area contributed by atoms with Crippen molar-refractivity contribution in [3.63, 3.8) is 0 Å². The van der Waals surface area contributed by atoms with Crippen molar-refractivity contribution >= 4 is 35.1 Å². The molecule has 1 rings (SSSR count). The Kier molecular flexibility index (Phi) is 13.9. The summed E-state index contributed by atoms with van der Waals surface area (Å²) in [5.41, 5.74) is 0.713. The van der Waals surface area contributed by atoms with Gasteiger partial charge in [-0.05, 0) is 43.4 Å². The molecule has 0 heterocycles. The normalized spacial score (nSPS) is 12.1. The van der Waals surface area contributed by atoms with Gasteiger partial charge < -0.3 is 9.47 Å². The number of carbonyl (C=O) groups is 2. The van der Waals surface area contributed by atoms with Gasteiger partial charge in [-0.15, -0.1) is 0 Å². The molecule has 0 saturated carbocycles. The largest absolute Gasteiger partial charge is 0.462 e. The lowest BCUT2D eigenvalue weighted by Gasteiger charge is -2.20. The predicted molar refractivity (Wildman–Crippen MR) is 123 cm³/mol. The molecule has 0 N–H and O–H groups in total. The minimum Gasteiger partial charge on any atom is -0.462 e. The second-order valence-corrected chi connectivity index (χ2v) is 8.92. The monoisotopic (exact) mass is 458 g/mol. The number of ether oxygens (including phenoxy) is 2. The molecular weight excluding hydrogens is 423 g/mol. The maximum atomic E-state index is 12.0. The summed E-state index contributed by atoms with van der Waals surface area (Å²) in [7, 11) is 0. The maximum Gasteiger partial charge on any atom is 0.306 e. The highest BCUT2D eigenvalue weighted by Gasteiger charge is 2.17. The Balaban J connectivity index is 2.04. The van der Waals surface area contributed by atoms with Crippen LogP contribution in [0.25, 0.3) is 0 Å². The van der Waals surface area contributed by atoms with E-state index in [2.05, 4.69) is 20.8 Å². The van der Waals surface area contributed by atoms with Crippen molar-refractivity contribution in [1.82, 2.24) is 0 Å². The minimum absolute atomic E-state index is 0.0390. The summed E-state index contributed by atoms with van der Waals surface area (Å²) in [5, 5.41) is 1.11. The fourth-order valence-corrected chi connectivity index (χ4v) is 3.54. The van der Waals surface area contributed by atoms with Gasteiger partial charge in [-0.1, -0.05) is 76.1 Å². The number of esters is 2. The van der Waals surface area contributed by atoms with E-state index in [0.717, 1.165) is 51.4 Å². The maximum absolute atomic E-state index is 12.0. The Morgan fingerprint density at radius 3 is 2.13 bits per heavy atom. The number of hydrogen-bond acceptors (Lipinski definition) is 4. The molecule has 0 spiro atoms. The molecule has 0 bridgehead atoms. The van der Waals surface area contributed by atoms with Gasteiger partial charge in [0.15, 0.2) is 0 Å². The summed E-state index contributed by atoms with van der Waals surface area (Å²) in [6.45, 7) is 6.44. The Hall–Kier alpha value is -1.26. The van der Waals surface area contributed by atoms with E-state index in [-0.39, 0.29) is 24.6 Å². The van der Waals surface area contributed by atoms with Crippen molar-refractivity contribution in [2.75, 3.05) is 0 Å². The lowest BCUT2D eigenvalue weighted by Crippen LogP contribution is -2.23. The van der Waals surface area contributed by atoms with Crippen LogP contribution in [0.4, 0.5) is 0 Å². The van der Waals surface area contributed by atoms with Gasteiger partial charge in [0, 0.05) is 28.5 Å². The molecule has 0 fully saturated rings. The second kappa shape index (κ2) is 15.5. The zero-order chi connectivity index (χ0) is 22.4. The molecule has 0 aliphatic carbocycles. The van der Waals surface area contributed by atoms with Crippen molar-refractivity contribution in [2.45, 2.75) is 97.7 Å². The number of carbonyl (C=O) groups excluding carboxylic acids is 2. The lowest BCUT2D eigenvalue weighted by atomic mass is 10.0. The Labute approximate surface area is 191 Å². The van der Waals surface area contributed by atoms with Crippen molar-refractivity contribution in [2.24, 2.45) is 5.92 Å². The molecule has 1 aromatic rings. The fourth-order valence-electron chi connectivity index (χ4n) is 3.17. The number of hydrogen-bond donors (Lipinski definition) is 0. The van der Waals surface area contributed by atoms with Crippen LogP contribution in [0.5, 0.6) is 0 Å². The average Bonchev–Trinajstić information content (AvgIpc) is 2.70. The molecule has 6 heteroatoms. The van der Waals surface area contributed by atoms with Crippen molar-refractivity contribution in [3.8, 4) is 0 Å².